The predicted molar refractivity (Wildman–Crippen MR) is 71.8 cm³/mol. The van der Waals surface area contributed by atoms with Crippen molar-refractivity contribution >= 4 is 27.1 Å². The Morgan fingerprint density at radius 1 is 1.18 bits per heavy atom. The monoisotopic (exact) mass is 287 g/mol. The fourth-order valence-corrected chi connectivity index (χ4v) is 2.01. The zero-order chi connectivity index (χ0) is 11.8. The summed E-state index contributed by atoms with van der Waals surface area (Å²) in [6.45, 7) is 2.02. The maximum atomic E-state index is 4.47. The maximum absolute atomic E-state index is 4.47. The van der Waals surface area contributed by atoms with Gasteiger partial charge in [0, 0.05) is 16.2 Å². The lowest BCUT2D eigenvalue weighted by Gasteiger charge is -1.95. The Kier molecular flexibility index (Phi) is 2.44. The summed E-state index contributed by atoms with van der Waals surface area (Å²) in [6.07, 6.45) is 1.83. The van der Waals surface area contributed by atoms with Crippen molar-refractivity contribution in [1.82, 2.24) is 15.0 Å². The van der Waals surface area contributed by atoms with E-state index in [0.29, 0.717) is 0 Å². The fraction of sp³-hybridized carbons (Fsp3) is 0.0769. The van der Waals surface area contributed by atoms with Gasteiger partial charge in [-0.15, -0.1) is 0 Å². The van der Waals surface area contributed by atoms with Gasteiger partial charge in [0.05, 0.1) is 5.52 Å². The molecule has 0 saturated carbocycles. The summed E-state index contributed by atoms with van der Waals surface area (Å²) in [5.74, 6) is 0.852. The molecule has 84 valence electrons. The van der Waals surface area contributed by atoms with Gasteiger partial charge in [-0.3, -0.25) is 0 Å². The largest absolute Gasteiger partial charge is 0.337 e. The number of pyridine rings is 1. The molecular formula is C13H10BrN3. The van der Waals surface area contributed by atoms with E-state index in [0.717, 1.165) is 32.6 Å². The molecule has 0 saturated heterocycles. The van der Waals surface area contributed by atoms with Crippen molar-refractivity contribution in [3.8, 4) is 11.4 Å². The molecule has 2 heterocycles. The molecule has 4 heteroatoms. The van der Waals surface area contributed by atoms with E-state index in [1.165, 1.54) is 0 Å². The van der Waals surface area contributed by atoms with Gasteiger partial charge in [0.15, 0.2) is 5.65 Å². The van der Waals surface area contributed by atoms with Gasteiger partial charge in [0.2, 0.25) is 0 Å². The number of nitrogens with one attached hydrogen (secondary N) is 1. The van der Waals surface area contributed by atoms with E-state index in [9.17, 15) is 0 Å². The lowest BCUT2D eigenvalue weighted by molar-refractivity contribution is 1.28. The SMILES string of the molecule is Cc1cnc2nc(-c3ccc(Br)cc3)[nH]c2c1. The summed E-state index contributed by atoms with van der Waals surface area (Å²) in [5, 5.41) is 0. The van der Waals surface area contributed by atoms with Crippen LogP contribution in [0.1, 0.15) is 5.56 Å². The molecule has 1 N–H and O–H groups in total. The molecule has 0 aliphatic carbocycles. The summed E-state index contributed by atoms with van der Waals surface area (Å²) in [7, 11) is 0. The van der Waals surface area contributed by atoms with E-state index in [-0.39, 0.29) is 0 Å². The fourth-order valence-electron chi connectivity index (χ4n) is 1.75. The first-order valence-corrected chi connectivity index (χ1v) is 6.10. The molecular weight excluding hydrogens is 278 g/mol. The Labute approximate surface area is 107 Å². The molecule has 1 aromatic carbocycles. The summed E-state index contributed by atoms with van der Waals surface area (Å²) < 4.78 is 1.06. The highest BCUT2D eigenvalue weighted by atomic mass is 79.9. The topological polar surface area (TPSA) is 41.6 Å². The number of benzene rings is 1. The third-order valence-corrected chi connectivity index (χ3v) is 3.12. The molecule has 0 unspecified atom stereocenters. The average Bonchev–Trinajstić information content (AvgIpc) is 2.72. The van der Waals surface area contributed by atoms with E-state index >= 15 is 0 Å². The van der Waals surface area contributed by atoms with Crippen LogP contribution in [0.15, 0.2) is 41.0 Å². The summed E-state index contributed by atoms with van der Waals surface area (Å²) in [6, 6.07) is 10.1. The number of aromatic nitrogens is 3. The zero-order valence-corrected chi connectivity index (χ0v) is 10.8. The summed E-state index contributed by atoms with van der Waals surface area (Å²) in [4.78, 5) is 12.0. The van der Waals surface area contributed by atoms with Gasteiger partial charge in [0.1, 0.15) is 5.82 Å². The van der Waals surface area contributed by atoms with E-state index in [2.05, 4.69) is 36.9 Å². The Balaban J connectivity index is 2.14. The van der Waals surface area contributed by atoms with Gasteiger partial charge in [-0.2, -0.15) is 0 Å². The van der Waals surface area contributed by atoms with Crippen LogP contribution in [0.3, 0.4) is 0 Å². The number of H-pyrrole nitrogens is 1. The molecule has 0 atom stereocenters. The number of fused-ring (bicyclic) bond motifs is 1. The Hall–Kier alpha value is -1.68. The van der Waals surface area contributed by atoms with Crippen molar-refractivity contribution in [2.45, 2.75) is 6.92 Å². The number of hydrogen-bond donors (Lipinski definition) is 1. The van der Waals surface area contributed by atoms with Crippen molar-refractivity contribution in [3.05, 3.63) is 46.6 Å². The smallest absolute Gasteiger partial charge is 0.178 e. The highest BCUT2D eigenvalue weighted by Gasteiger charge is 2.05. The molecule has 0 bridgehead atoms. The van der Waals surface area contributed by atoms with Crippen LogP contribution in [0.4, 0.5) is 0 Å². The molecule has 3 aromatic rings. The quantitative estimate of drug-likeness (QED) is 0.742. The van der Waals surface area contributed by atoms with E-state index in [4.69, 9.17) is 0 Å². The van der Waals surface area contributed by atoms with E-state index in [1.807, 2.05) is 37.4 Å². The minimum Gasteiger partial charge on any atom is -0.337 e. The molecule has 0 aliphatic rings. The minimum absolute atomic E-state index is 0.758. The van der Waals surface area contributed by atoms with Gasteiger partial charge < -0.3 is 4.98 Å². The van der Waals surface area contributed by atoms with Gasteiger partial charge >= 0.3 is 0 Å². The van der Waals surface area contributed by atoms with Crippen molar-refractivity contribution in [2.75, 3.05) is 0 Å². The van der Waals surface area contributed by atoms with Crippen LogP contribution in [0.25, 0.3) is 22.6 Å². The normalized spacial score (nSPS) is 10.9. The Morgan fingerprint density at radius 2 is 1.94 bits per heavy atom. The third kappa shape index (κ3) is 1.96. The average molecular weight is 288 g/mol. The number of aryl methyl sites for hydroxylation is 1. The van der Waals surface area contributed by atoms with E-state index < -0.39 is 0 Å². The van der Waals surface area contributed by atoms with Crippen molar-refractivity contribution in [3.63, 3.8) is 0 Å². The second kappa shape index (κ2) is 3.96. The molecule has 3 rings (SSSR count). The van der Waals surface area contributed by atoms with Crippen LogP contribution in [0, 0.1) is 6.92 Å². The number of halogens is 1. The number of nitrogens with zero attached hydrogens (tertiary/aromatic N) is 2. The lowest BCUT2D eigenvalue weighted by Crippen LogP contribution is -1.79. The molecule has 0 fully saturated rings. The first-order chi connectivity index (χ1) is 8.22. The second-order valence-electron chi connectivity index (χ2n) is 3.98. The van der Waals surface area contributed by atoms with Gasteiger partial charge in [-0.05, 0) is 30.7 Å². The van der Waals surface area contributed by atoms with Crippen LogP contribution in [0.2, 0.25) is 0 Å². The van der Waals surface area contributed by atoms with Crippen LogP contribution < -0.4 is 0 Å². The standard InChI is InChI=1S/C13H10BrN3/c1-8-6-11-13(15-7-8)17-12(16-11)9-2-4-10(14)5-3-9/h2-7H,1H3,(H,15,16,17). The lowest BCUT2D eigenvalue weighted by atomic mass is 10.2. The minimum atomic E-state index is 0.758. The van der Waals surface area contributed by atoms with Gasteiger partial charge in [0.25, 0.3) is 0 Å². The number of aromatic amines is 1. The van der Waals surface area contributed by atoms with Gasteiger partial charge in [-0.1, -0.05) is 28.1 Å². The molecule has 17 heavy (non-hydrogen) atoms. The van der Waals surface area contributed by atoms with Crippen LogP contribution in [-0.4, -0.2) is 15.0 Å². The third-order valence-electron chi connectivity index (χ3n) is 2.59. The summed E-state index contributed by atoms with van der Waals surface area (Å²) in [5.41, 5.74) is 3.92. The second-order valence-corrected chi connectivity index (χ2v) is 4.89. The number of hydrogen-bond acceptors (Lipinski definition) is 2. The van der Waals surface area contributed by atoms with Crippen molar-refractivity contribution < 1.29 is 0 Å². The van der Waals surface area contributed by atoms with Crippen LogP contribution in [0.5, 0.6) is 0 Å². The first-order valence-electron chi connectivity index (χ1n) is 5.31. The molecule has 0 amide bonds. The van der Waals surface area contributed by atoms with Crippen molar-refractivity contribution in [1.29, 1.82) is 0 Å². The Bertz CT molecular complexity index is 671. The van der Waals surface area contributed by atoms with Gasteiger partial charge in [-0.25, -0.2) is 9.97 Å². The summed E-state index contributed by atoms with van der Waals surface area (Å²) >= 11 is 3.42. The number of imidazole rings is 1. The first kappa shape index (κ1) is 10.5. The van der Waals surface area contributed by atoms with Crippen molar-refractivity contribution in [2.24, 2.45) is 0 Å². The molecule has 0 spiro atoms. The highest BCUT2D eigenvalue weighted by molar-refractivity contribution is 9.10. The molecule has 0 aliphatic heterocycles. The maximum Gasteiger partial charge on any atom is 0.178 e. The molecule has 0 radical (unpaired) electrons. The van der Waals surface area contributed by atoms with Crippen LogP contribution >= 0.6 is 15.9 Å². The van der Waals surface area contributed by atoms with Crippen LogP contribution in [-0.2, 0) is 0 Å². The van der Waals surface area contributed by atoms with E-state index in [1.54, 1.807) is 0 Å². The zero-order valence-electron chi connectivity index (χ0n) is 9.24. The molecule has 3 nitrogen and oxygen atoms in total. The predicted octanol–water partition coefficient (Wildman–Crippen LogP) is 3.70. The molecule has 2 aromatic heterocycles. The highest BCUT2D eigenvalue weighted by Crippen LogP contribution is 2.21. The number of rotatable bonds is 1. The Morgan fingerprint density at radius 3 is 2.71 bits per heavy atom.